The molecule has 1 spiro atoms. The maximum absolute atomic E-state index is 12.9. The predicted octanol–water partition coefficient (Wildman–Crippen LogP) is 3.37. The zero-order valence-electron chi connectivity index (χ0n) is 18.1. The number of hydrogen-bond acceptors (Lipinski definition) is 4. The number of anilines is 1. The fraction of sp³-hybridized carbons (Fsp3) is 0.360. The highest BCUT2D eigenvalue weighted by Crippen LogP contribution is 2.46. The minimum absolute atomic E-state index is 0.0302. The number of nitrogens with one attached hydrogen (secondary N) is 1. The number of fused-ring (bicyclic) bond motifs is 3. The minimum atomic E-state index is -0.545. The highest BCUT2D eigenvalue weighted by Gasteiger charge is 2.50. The molecule has 1 N–H and O–H groups in total. The molecular weight excluding hydrogens is 388 g/mol. The Labute approximate surface area is 182 Å². The van der Waals surface area contributed by atoms with Crippen molar-refractivity contribution >= 4 is 29.4 Å². The average molecular weight is 415 g/mol. The molecule has 2 aromatic rings. The summed E-state index contributed by atoms with van der Waals surface area (Å²) in [4.78, 5) is 36.0. The van der Waals surface area contributed by atoms with Gasteiger partial charge in [-0.1, -0.05) is 50.3 Å². The molecule has 6 nitrogen and oxygen atoms in total. The maximum atomic E-state index is 12.9. The number of aliphatic imine (C=N–C) groups is 1. The zero-order valence-corrected chi connectivity index (χ0v) is 18.1. The minimum Gasteiger partial charge on any atom is -0.312 e. The quantitative estimate of drug-likeness (QED) is 0.834. The van der Waals surface area contributed by atoms with Gasteiger partial charge in [-0.05, 0) is 42.5 Å². The second kappa shape index (κ2) is 7.15. The molecule has 5 rings (SSSR count). The van der Waals surface area contributed by atoms with Crippen LogP contribution in [0.25, 0.3) is 6.08 Å². The van der Waals surface area contributed by atoms with Crippen molar-refractivity contribution < 1.29 is 9.59 Å². The summed E-state index contributed by atoms with van der Waals surface area (Å²) in [7, 11) is 0. The first-order valence-corrected chi connectivity index (χ1v) is 10.8. The van der Waals surface area contributed by atoms with E-state index in [-0.39, 0.29) is 23.9 Å². The van der Waals surface area contributed by atoms with Crippen LogP contribution in [0.3, 0.4) is 0 Å². The lowest BCUT2D eigenvalue weighted by Crippen LogP contribution is -2.35. The van der Waals surface area contributed by atoms with Gasteiger partial charge in [-0.25, -0.2) is 4.98 Å². The Hall–Kier alpha value is -3.28. The lowest BCUT2D eigenvalue weighted by Gasteiger charge is -2.20. The molecule has 2 aliphatic heterocycles. The number of carbonyl (C=O) groups is 2. The molecule has 1 aliphatic carbocycles. The normalized spacial score (nSPS) is 24.3. The van der Waals surface area contributed by atoms with E-state index in [1.807, 2.05) is 45.1 Å². The van der Waals surface area contributed by atoms with Gasteiger partial charge >= 0.3 is 0 Å². The van der Waals surface area contributed by atoms with Crippen molar-refractivity contribution in [3.05, 3.63) is 64.9 Å². The SMILES string of the molecule is CC(C)C1=N[C@H](C)N(C/C=C/c2ccc3c(c2)C[C@@]2(C3)C(=O)Nc3ncccc32)C1=O. The van der Waals surface area contributed by atoms with E-state index >= 15 is 0 Å². The van der Waals surface area contributed by atoms with Gasteiger partial charge in [-0.2, -0.15) is 0 Å². The highest BCUT2D eigenvalue weighted by atomic mass is 16.2. The van der Waals surface area contributed by atoms with Gasteiger partial charge in [0.15, 0.2) is 0 Å². The van der Waals surface area contributed by atoms with Gasteiger partial charge in [0.1, 0.15) is 17.7 Å². The number of carbonyl (C=O) groups excluding carboxylic acids is 2. The molecule has 6 heteroatoms. The largest absolute Gasteiger partial charge is 0.312 e. The van der Waals surface area contributed by atoms with Crippen LogP contribution in [-0.4, -0.2) is 40.1 Å². The molecule has 1 aromatic heterocycles. The van der Waals surface area contributed by atoms with Crippen LogP contribution >= 0.6 is 0 Å². The van der Waals surface area contributed by atoms with E-state index in [9.17, 15) is 9.59 Å². The summed E-state index contributed by atoms with van der Waals surface area (Å²) in [6, 6.07) is 10.3. The van der Waals surface area contributed by atoms with E-state index in [2.05, 4.69) is 33.5 Å². The van der Waals surface area contributed by atoms with Crippen LogP contribution in [-0.2, 0) is 27.8 Å². The Morgan fingerprint density at radius 2 is 2.03 bits per heavy atom. The van der Waals surface area contributed by atoms with Crippen LogP contribution in [0, 0.1) is 5.92 Å². The van der Waals surface area contributed by atoms with Crippen molar-refractivity contribution in [2.45, 2.75) is 45.2 Å². The molecule has 0 radical (unpaired) electrons. The van der Waals surface area contributed by atoms with Gasteiger partial charge < -0.3 is 10.2 Å². The summed E-state index contributed by atoms with van der Waals surface area (Å²) >= 11 is 0. The Morgan fingerprint density at radius 3 is 2.81 bits per heavy atom. The molecule has 158 valence electrons. The van der Waals surface area contributed by atoms with E-state index in [1.165, 1.54) is 11.1 Å². The monoisotopic (exact) mass is 414 g/mol. The number of hydrogen-bond donors (Lipinski definition) is 1. The van der Waals surface area contributed by atoms with Gasteiger partial charge in [-0.3, -0.25) is 14.6 Å². The average Bonchev–Trinajstić information content (AvgIpc) is 3.35. The van der Waals surface area contributed by atoms with Crippen LogP contribution in [0.4, 0.5) is 5.82 Å². The van der Waals surface area contributed by atoms with Gasteiger partial charge in [-0.15, -0.1) is 0 Å². The summed E-state index contributed by atoms with van der Waals surface area (Å²) in [5.74, 6) is 0.897. The Balaban J connectivity index is 1.32. The topological polar surface area (TPSA) is 74.7 Å². The molecule has 2 amide bonds. The van der Waals surface area contributed by atoms with Crippen molar-refractivity contribution in [1.29, 1.82) is 0 Å². The first-order valence-electron chi connectivity index (χ1n) is 10.8. The van der Waals surface area contributed by atoms with Crippen LogP contribution in [0.5, 0.6) is 0 Å². The van der Waals surface area contributed by atoms with E-state index in [0.29, 0.717) is 30.9 Å². The number of aromatic nitrogens is 1. The third-order valence-electron chi connectivity index (χ3n) is 6.62. The fourth-order valence-corrected chi connectivity index (χ4v) is 4.97. The van der Waals surface area contributed by atoms with E-state index in [0.717, 1.165) is 11.1 Å². The molecular formula is C25H26N4O2. The van der Waals surface area contributed by atoms with Crippen molar-refractivity contribution in [3.63, 3.8) is 0 Å². The van der Waals surface area contributed by atoms with Gasteiger partial charge in [0.25, 0.3) is 5.91 Å². The smallest absolute Gasteiger partial charge is 0.270 e. The molecule has 2 atom stereocenters. The van der Waals surface area contributed by atoms with Crippen molar-refractivity contribution in [2.24, 2.45) is 10.9 Å². The molecule has 0 unspecified atom stereocenters. The van der Waals surface area contributed by atoms with Crippen LogP contribution in [0.2, 0.25) is 0 Å². The summed E-state index contributed by atoms with van der Waals surface area (Å²) in [5.41, 5.74) is 4.59. The molecule has 3 aliphatic rings. The standard InChI is InChI=1S/C25H26N4O2/c1-15(2)21-23(30)29(16(3)27-21)11-5-6-17-8-9-18-13-25(14-19(18)12-17)20-7-4-10-26-22(20)28-24(25)31/h4-10,12,15-16H,11,13-14H2,1-3H3,(H,26,28,31)/b6-5+/t16-,25+/m0/s1. The van der Waals surface area contributed by atoms with Crippen molar-refractivity contribution in [2.75, 3.05) is 11.9 Å². The second-order valence-corrected chi connectivity index (χ2v) is 8.98. The van der Waals surface area contributed by atoms with Gasteiger partial charge in [0, 0.05) is 24.2 Å². The molecule has 0 saturated heterocycles. The molecule has 0 saturated carbocycles. The first-order chi connectivity index (χ1) is 14.9. The second-order valence-electron chi connectivity index (χ2n) is 8.98. The fourth-order valence-electron chi connectivity index (χ4n) is 4.97. The summed E-state index contributed by atoms with van der Waals surface area (Å²) in [6.45, 7) is 6.48. The number of pyridine rings is 1. The lowest BCUT2D eigenvalue weighted by molar-refractivity contribution is -0.124. The van der Waals surface area contributed by atoms with Crippen molar-refractivity contribution in [3.8, 4) is 0 Å². The van der Waals surface area contributed by atoms with Crippen molar-refractivity contribution in [1.82, 2.24) is 9.88 Å². The molecule has 1 aromatic carbocycles. The highest BCUT2D eigenvalue weighted by molar-refractivity contribution is 6.40. The lowest BCUT2D eigenvalue weighted by atomic mass is 9.79. The number of benzene rings is 1. The Kier molecular flexibility index (Phi) is 4.54. The number of nitrogens with zero attached hydrogens (tertiary/aromatic N) is 3. The van der Waals surface area contributed by atoms with Crippen LogP contribution in [0.1, 0.15) is 43.0 Å². The predicted molar refractivity (Wildman–Crippen MR) is 121 cm³/mol. The van der Waals surface area contributed by atoms with Crippen LogP contribution in [0.15, 0.2) is 47.6 Å². The Bertz CT molecular complexity index is 1150. The number of rotatable bonds is 4. The third kappa shape index (κ3) is 3.09. The maximum Gasteiger partial charge on any atom is 0.270 e. The third-order valence-corrected chi connectivity index (χ3v) is 6.62. The molecule has 31 heavy (non-hydrogen) atoms. The number of amides is 2. The molecule has 0 bridgehead atoms. The summed E-state index contributed by atoms with van der Waals surface area (Å²) in [5, 5.41) is 2.95. The van der Waals surface area contributed by atoms with E-state index < -0.39 is 5.41 Å². The summed E-state index contributed by atoms with van der Waals surface area (Å²) in [6.07, 6.45) is 7.03. The van der Waals surface area contributed by atoms with Crippen LogP contribution < -0.4 is 5.32 Å². The zero-order chi connectivity index (χ0) is 21.8. The molecule has 0 fully saturated rings. The molecule has 3 heterocycles. The van der Waals surface area contributed by atoms with E-state index in [4.69, 9.17) is 0 Å². The van der Waals surface area contributed by atoms with Gasteiger partial charge in [0.2, 0.25) is 5.91 Å². The van der Waals surface area contributed by atoms with Gasteiger partial charge in [0.05, 0.1) is 5.41 Å². The van der Waals surface area contributed by atoms with E-state index in [1.54, 1.807) is 11.1 Å². The summed E-state index contributed by atoms with van der Waals surface area (Å²) < 4.78 is 0. The Morgan fingerprint density at radius 1 is 1.23 bits per heavy atom. The first kappa shape index (κ1) is 19.7.